The molecule has 2 aliphatic rings. The van der Waals surface area contributed by atoms with Crippen molar-refractivity contribution in [2.45, 2.75) is 32.1 Å². The van der Waals surface area contributed by atoms with E-state index in [-0.39, 0.29) is 5.41 Å². The molecule has 0 bridgehead atoms. The number of fused-ring (bicyclic) bond motifs is 12. The molecule has 2 aliphatic carbocycles. The summed E-state index contributed by atoms with van der Waals surface area (Å²) in [6.45, 7) is 4.73. The number of nitrogens with zero attached hydrogens (tertiary/aromatic N) is 3. The van der Waals surface area contributed by atoms with Crippen LogP contribution < -0.4 is 0 Å². The molecule has 3 heteroatoms. The molecule has 0 unspecified atom stereocenters. The molecular formula is C49H35N3. The number of benzene rings is 7. The normalized spacial score (nSPS) is 14.3. The summed E-state index contributed by atoms with van der Waals surface area (Å²) in [6, 6.07) is 48.8. The maximum Gasteiger partial charge on any atom is 0.0979 e. The lowest BCUT2D eigenvalue weighted by molar-refractivity contribution is 0.661. The third-order valence-corrected chi connectivity index (χ3v) is 11.7. The maximum atomic E-state index is 5.32. The van der Waals surface area contributed by atoms with Crippen molar-refractivity contribution < 1.29 is 0 Å². The predicted octanol–water partition coefficient (Wildman–Crippen LogP) is 12.5. The van der Waals surface area contributed by atoms with E-state index in [4.69, 9.17) is 9.97 Å². The Bertz CT molecular complexity index is 2960. The lowest BCUT2D eigenvalue weighted by atomic mass is 9.81. The van der Waals surface area contributed by atoms with Gasteiger partial charge in [-0.15, -0.1) is 0 Å². The van der Waals surface area contributed by atoms with Crippen LogP contribution in [-0.4, -0.2) is 14.5 Å². The van der Waals surface area contributed by atoms with Gasteiger partial charge in [-0.2, -0.15) is 0 Å². The van der Waals surface area contributed by atoms with E-state index in [1.54, 1.807) is 0 Å². The quantitative estimate of drug-likeness (QED) is 0.176. The van der Waals surface area contributed by atoms with Crippen molar-refractivity contribution in [1.82, 2.24) is 14.5 Å². The minimum absolute atomic E-state index is 0.192. The van der Waals surface area contributed by atoms with Gasteiger partial charge in [0, 0.05) is 44.0 Å². The first-order valence-electron chi connectivity index (χ1n) is 18.3. The van der Waals surface area contributed by atoms with Gasteiger partial charge < -0.3 is 4.57 Å². The van der Waals surface area contributed by atoms with Crippen molar-refractivity contribution in [3.63, 3.8) is 0 Å². The Morgan fingerprint density at radius 2 is 1.19 bits per heavy atom. The first-order valence-corrected chi connectivity index (χ1v) is 18.3. The Kier molecular flexibility index (Phi) is 6.13. The van der Waals surface area contributed by atoms with Gasteiger partial charge in [0.15, 0.2) is 0 Å². The molecule has 0 amide bonds. The smallest absolute Gasteiger partial charge is 0.0979 e. The second-order valence-electron chi connectivity index (χ2n) is 14.9. The fourth-order valence-corrected chi connectivity index (χ4v) is 9.19. The van der Waals surface area contributed by atoms with Gasteiger partial charge in [0.2, 0.25) is 0 Å². The summed E-state index contributed by atoms with van der Waals surface area (Å²) in [7, 11) is 0. The molecule has 0 fully saturated rings. The van der Waals surface area contributed by atoms with E-state index in [1.807, 2.05) is 6.20 Å². The summed E-state index contributed by atoms with van der Waals surface area (Å²) in [6.07, 6.45) is 8.69. The van der Waals surface area contributed by atoms with E-state index >= 15 is 0 Å². The Morgan fingerprint density at radius 1 is 0.577 bits per heavy atom. The predicted molar refractivity (Wildman–Crippen MR) is 217 cm³/mol. The molecule has 0 atom stereocenters. The number of para-hydroxylation sites is 2. The molecule has 2 aromatic heterocycles. The molecule has 9 aromatic rings. The van der Waals surface area contributed by atoms with Crippen LogP contribution >= 0.6 is 0 Å². The lowest BCUT2D eigenvalue weighted by Crippen LogP contribution is -2.15. The third kappa shape index (κ3) is 4.08. The molecule has 0 radical (unpaired) electrons. The SMILES string of the molecule is CC1(C)c2cc(-c3cnc4c5ccccc5c5ccccc5c4n3)ccc2-c2ccc(-c3ccccc3-n3c4c(c5ccccc53)C=CCC4)cc21. The molecule has 11 rings (SSSR count). The molecule has 2 heterocycles. The first kappa shape index (κ1) is 29.4. The highest BCUT2D eigenvalue weighted by Crippen LogP contribution is 2.51. The van der Waals surface area contributed by atoms with E-state index < -0.39 is 0 Å². The number of aromatic nitrogens is 3. The Balaban J connectivity index is 1.03. The summed E-state index contributed by atoms with van der Waals surface area (Å²) in [5.74, 6) is 0. The van der Waals surface area contributed by atoms with Gasteiger partial charge in [-0.3, -0.25) is 4.98 Å². The second kappa shape index (κ2) is 10.8. The largest absolute Gasteiger partial charge is 0.312 e. The molecule has 246 valence electrons. The Labute approximate surface area is 302 Å². The molecule has 0 N–H and O–H groups in total. The molecule has 0 saturated carbocycles. The summed E-state index contributed by atoms with van der Waals surface area (Å²) in [5.41, 5.74) is 16.7. The summed E-state index contributed by atoms with van der Waals surface area (Å²) in [5, 5.41) is 6.02. The van der Waals surface area contributed by atoms with Crippen LogP contribution in [0.2, 0.25) is 0 Å². The van der Waals surface area contributed by atoms with Gasteiger partial charge in [-0.25, -0.2) is 4.98 Å². The van der Waals surface area contributed by atoms with Crippen LogP contribution in [0.3, 0.4) is 0 Å². The second-order valence-corrected chi connectivity index (χ2v) is 14.9. The van der Waals surface area contributed by atoms with E-state index in [1.165, 1.54) is 72.0 Å². The summed E-state index contributed by atoms with van der Waals surface area (Å²) in [4.78, 5) is 10.4. The third-order valence-electron chi connectivity index (χ3n) is 11.7. The molecule has 52 heavy (non-hydrogen) atoms. The van der Waals surface area contributed by atoms with Crippen LogP contribution in [0.4, 0.5) is 0 Å². The van der Waals surface area contributed by atoms with Crippen molar-refractivity contribution >= 4 is 49.6 Å². The maximum absolute atomic E-state index is 5.32. The number of rotatable bonds is 3. The van der Waals surface area contributed by atoms with Crippen molar-refractivity contribution in [1.29, 1.82) is 0 Å². The number of allylic oxidation sites excluding steroid dienone is 1. The van der Waals surface area contributed by atoms with E-state index in [0.29, 0.717) is 0 Å². The van der Waals surface area contributed by atoms with Crippen LogP contribution in [0.1, 0.15) is 42.7 Å². The fraction of sp³-hybridized carbons (Fsp3) is 0.102. The molecule has 0 aliphatic heterocycles. The van der Waals surface area contributed by atoms with Gasteiger partial charge in [0.1, 0.15) is 0 Å². The molecular weight excluding hydrogens is 631 g/mol. The van der Waals surface area contributed by atoms with Crippen molar-refractivity contribution in [2.24, 2.45) is 0 Å². The van der Waals surface area contributed by atoms with Crippen LogP contribution in [0.15, 0.2) is 146 Å². The average molecular weight is 666 g/mol. The van der Waals surface area contributed by atoms with Gasteiger partial charge >= 0.3 is 0 Å². The Morgan fingerprint density at radius 3 is 1.96 bits per heavy atom. The lowest BCUT2D eigenvalue weighted by Gasteiger charge is -2.23. The van der Waals surface area contributed by atoms with Crippen LogP contribution in [0.5, 0.6) is 0 Å². The van der Waals surface area contributed by atoms with E-state index in [9.17, 15) is 0 Å². The van der Waals surface area contributed by atoms with E-state index in [0.717, 1.165) is 45.9 Å². The van der Waals surface area contributed by atoms with Gasteiger partial charge in [0.25, 0.3) is 0 Å². The standard InChI is InChI=1S/C49H35N3/c1-49(2)41-27-30(32-13-7-10-20-44(32)52-45-21-11-8-16-37(45)38-17-9-12-22-46(38)52)23-25-35(41)36-26-24-31(28-42(36)49)43-29-50-47-39-18-5-3-14-33(39)34-15-4-6-19-40(34)48(47)51-43/h3-11,13-21,23-29H,12,22H2,1-2H3. The van der Waals surface area contributed by atoms with Gasteiger partial charge in [-0.1, -0.05) is 135 Å². The fourth-order valence-electron chi connectivity index (χ4n) is 9.19. The minimum atomic E-state index is -0.192. The van der Waals surface area contributed by atoms with Crippen molar-refractivity contribution in [3.05, 3.63) is 168 Å². The van der Waals surface area contributed by atoms with Gasteiger partial charge in [0.05, 0.1) is 34.1 Å². The molecule has 0 saturated heterocycles. The minimum Gasteiger partial charge on any atom is -0.312 e. The van der Waals surface area contributed by atoms with Crippen molar-refractivity contribution in [2.75, 3.05) is 0 Å². The molecule has 0 spiro atoms. The Hall–Kier alpha value is -6.32. The van der Waals surface area contributed by atoms with Gasteiger partial charge in [-0.05, 0) is 75.7 Å². The summed E-state index contributed by atoms with van der Waals surface area (Å²) >= 11 is 0. The van der Waals surface area contributed by atoms with Crippen LogP contribution in [0, 0.1) is 0 Å². The molecule has 3 nitrogen and oxygen atoms in total. The number of hydrogen-bond donors (Lipinski definition) is 0. The van der Waals surface area contributed by atoms with Crippen LogP contribution in [0.25, 0.3) is 88.8 Å². The topological polar surface area (TPSA) is 30.7 Å². The monoisotopic (exact) mass is 665 g/mol. The summed E-state index contributed by atoms with van der Waals surface area (Å²) < 4.78 is 2.51. The highest BCUT2D eigenvalue weighted by Gasteiger charge is 2.36. The van der Waals surface area contributed by atoms with Crippen LogP contribution in [-0.2, 0) is 11.8 Å². The van der Waals surface area contributed by atoms with E-state index in [2.05, 4.69) is 164 Å². The van der Waals surface area contributed by atoms with Crippen molar-refractivity contribution in [3.8, 4) is 39.2 Å². The highest BCUT2D eigenvalue weighted by molar-refractivity contribution is 6.23. The zero-order valence-electron chi connectivity index (χ0n) is 29.2. The molecule has 7 aromatic carbocycles. The average Bonchev–Trinajstić information content (AvgIpc) is 3.65. The number of hydrogen-bond acceptors (Lipinski definition) is 2. The zero-order chi connectivity index (χ0) is 34.6. The highest BCUT2D eigenvalue weighted by atomic mass is 15.0. The zero-order valence-corrected chi connectivity index (χ0v) is 29.2. The first-order chi connectivity index (χ1) is 25.6.